The van der Waals surface area contributed by atoms with Gasteiger partial charge in [0.25, 0.3) is 0 Å². The molecule has 154 valence electrons. The molecule has 0 aromatic heterocycles. The summed E-state index contributed by atoms with van der Waals surface area (Å²) < 4.78 is 21.4. The summed E-state index contributed by atoms with van der Waals surface area (Å²) in [4.78, 5) is 12.0. The van der Waals surface area contributed by atoms with Crippen molar-refractivity contribution in [1.29, 1.82) is 0 Å². The maximum atomic E-state index is 12.0. The van der Waals surface area contributed by atoms with Crippen LogP contribution in [0.15, 0.2) is 11.8 Å². The monoisotopic (exact) mass is 390 g/mol. The van der Waals surface area contributed by atoms with E-state index < -0.39 is 61.6 Å². The van der Waals surface area contributed by atoms with E-state index in [1.54, 1.807) is 6.92 Å². The summed E-state index contributed by atoms with van der Waals surface area (Å²) in [5.41, 5.74) is 0.291. The number of hydrogen-bond donors (Lipinski definition) is 5. The first-order chi connectivity index (χ1) is 12.8. The van der Waals surface area contributed by atoms with Gasteiger partial charge in [-0.15, -0.1) is 0 Å². The molecular weight excluding hydrogens is 364 g/mol. The molecule has 10 nitrogen and oxygen atoms in total. The van der Waals surface area contributed by atoms with E-state index in [0.717, 1.165) is 0 Å². The number of fused-ring (bicyclic) bond motifs is 1. The molecule has 0 bridgehead atoms. The SMILES string of the molecule is COC(=O)C1=CO[C@@H](O[C@@H]2O[C@@H](CO)[C@@H](O)[C@H](O)[C@@H]2O)[C@@H]2[C@@H](C)[C@@H](O)C[C@H]12. The maximum absolute atomic E-state index is 12.0. The molecule has 2 aliphatic heterocycles. The van der Waals surface area contributed by atoms with Gasteiger partial charge in [-0.1, -0.05) is 6.92 Å². The molecule has 0 spiro atoms. The van der Waals surface area contributed by atoms with Gasteiger partial charge in [0, 0.05) is 11.8 Å². The number of carbonyl (C=O) groups excluding carboxylic acids is 1. The molecular formula is C17H26O10. The molecule has 0 unspecified atom stereocenters. The molecule has 10 heteroatoms. The molecule has 3 rings (SSSR count). The highest BCUT2D eigenvalue weighted by atomic mass is 16.8. The molecule has 1 saturated heterocycles. The highest BCUT2D eigenvalue weighted by molar-refractivity contribution is 5.89. The fourth-order valence-electron chi connectivity index (χ4n) is 4.10. The van der Waals surface area contributed by atoms with Gasteiger partial charge in [0.15, 0.2) is 6.29 Å². The Labute approximate surface area is 155 Å². The van der Waals surface area contributed by atoms with Crippen LogP contribution in [-0.2, 0) is 23.7 Å². The van der Waals surface area contributed by atoms with Crippen LogP contribution in [0.5, 0.6) is 0 Å². The molecule has 2 heterocycles. The summed E-state index contributed by atoms with van der Waals surface area (Å²) in [6.07, 6.45) is -7.25. The third-order valence-corrected chi connectivity index (χ3v) is 5.75. The van der Waals surface area contributed by atoms with Gasteiger partial charge >= 0.3 is 5.97 Å². The zero-order valence-electron chi connectivity index (χ0n) is 15.0. The minimum absolute atomic E-state index is 0.279. The van der Waals surface area contributed by atoms with Crippen LogP contribution in [0.3, 0.4) is 0 Å². The Kier molecular flexibility index (Phi) is 6.06. The predicted octanol–water partition coefficient (Wildman–Crippen LogP) is -2.15. The molecule has 1 aliphatic carbocycles. The lowest BCUT2D eigenvalue weighted by molar-refractivity contribution is -0.342. The van der Waals surface area contributed by atoms with Gasteiger partial charge in [-0.05, 0) is 12.3 Å². The second-order valence-corrected chi connectivity index (χ2v) is 7.25. The number of ether oxygens (including phenoxy) is 4. The normalized spacial score (nSPS) is 47.0. The lowest BCUT2D eigenvalue weighted by Gasteiger charge is -2.43. The van der Waals surface area contributed by atoms with Crippen molar-refractivity contribution in [3.8, 4) is 0 Å². The Hall–Kier alpha value is -1.27. The van der Waals surface area contributed by atoms with Crippen molar-refractivity contribution < 1.29 is 49.3 Å². The van der Waals surface area contributed by atoms with Crippen molar-refractivity contribution in [2.45, 2.75) is 56.4 Å². The van der Waals surface area contributed by atoms with Crippen LogP contribution in [0.4, 0.5) is 0 Å². The highest BCUT2D eigenvalue weighted by Crippen LogP contribution is 2.47. The van der Waals surface area contributed by atoms with Gasteiger partial charge in [-0.2, -0.15) is 0 Å². The minimum atomic E-state index is -1.58. The van der Waals surface area contributed by atoms with Crippen LogP contribution in [0.25, 0.3) is 0 Å². The average Bonchev–Trinajstić information content (AvgIpc) is 2.96. The van der Waals surface area contributed by atoms with Crippen LogP contribution in [0.2, 0.25) is 0 Å². The molecule has 2 fully saturated rings. The van der Waals surface area contributed by atoms with E-state index in [0.29, 0.717) is 12.0 Å². The Morgan fingerprint density at radius 1 is 1.19 bits per heavy atom. The first-order valence-corrected chi connectivity index (χ1v) is 8.88. The van der Waals surface area contributed by atoms with Crippen LogP contribution in [0.1, 0.15) is 13.3 Å². The Morgan fingerprint density at radius 3 is 2.52 bits per heavy atom. The third-order valence-electron chi connectivity index (χ3n) is 5.75. The molecule has 0 amide bonds. The zero-order chi connectivity index (χ0) is 19.9. The lowest BCUT2D eigenvalue weighted by atomic mass is 9.83. The van der Waals surface area contributed by atoms with Gasteiger partial charge in [0.1, 0.15) is 24.4 Å². The van der Waals surface area contributed by atoms with Crippen molar-refractivity contribution in [2.75, 3.05) is 13.7 Å². The molecule has 10 atom stereocenters. The van der Waals surface area contributed by atoms with Gasteiger partial charge in [-0.25, -0.2) is 4.79 Å². The molecule has 0 aromatic rings. The number of aliphatic hydroxyl groups excluding tert-OH is 5. The molecule has 3 aliphatic rings. The van der Waals surface area contributed by atoms with E-state index in [1.165, 1.54) is 13.4 Å². The summed E-state index contributed by atoms with van der Waals surface area (Å²) in [5.74, 6) is -1.63. The lowest BCUT2D eigenvalue weighted by Crippen LogP contribution is -2.60. The highest BCUT2D eigenvalue weighted by Gasteiger charge is 2.53. The standard InChI is InChI=1S/C17H26O10/c1-6-9(19)3-7-8(15(23)24-2)5-25-16(11(6)7)27-17-14(22)13(21)12(20)10(4-18)26-17/h5-7,9-14,16-22H,3-4H2,1-2H3/t6-,7+,9-,10-,11+,12+,13-,14-,16-,17-/m0/s1. The van der Waals surface area contributed by atoms with E-state index >= 15 is 0 Å². The number of rotatable bonds is 4. The van der Waals surface area contributed by atoms with E-state index in [4.69, 9.17) is 18.9 Å². The summed E-state index contributed by atoms with van der Waals surface area (Å²) in [6, 6.07) is 0. The third kappa shape index (κ3) is 3.58. The number of carbonyl (C=O) groups is 1. The number of hydrogen-bond acceptors (Lipinski definition) is 10. The van der Waals surface area contributed by atoms with Crippen LogP contribution in [0, 0.1) is 17.8 Å². The van der Waals surface area contributed by atoms with Crippen molar-refractivity contribution in [3.63, 3.8) is 0 Å². The zero-order valence-corrected chi connectivity index (χ0v) is 15.0. The molecule has 5 N–H and O–H groups in total. The molecule has 0 aromatic carbocycles. The predicted molar refractivity (Wildman–Crippen MR) is 86.6 cm³/mol. The van der Waals surface area contributed by atoms with Crippen molar-refractivity contribution in [2.24, 2.45) is 17.8 Å². The topological polar surface area (TPSA) is 155 Å². The minimum Gasteiger partial charge on any atom is -0.472 e. The summed E-state index contributed by atoms with van der Waals surface area (Å²) in [6.45, 7) is 1.21. The maximum Gasteiger partial charge on any atom is 0.337 e. The van der Waals surface area contributed by atoms with Gasteiger partial charge in [0.05, 0.1) is 31.7 Å². The molecule has 0 radical (unpaired) electrons. The van der Waals surface area contributed by atoms with Crippen LogP contribution >= 0.6 is 0 Å². The number of aliphatic hydroxyl groups is 5. The number of methoxy groups -OCH3 is 1. The van der Waals surface area contributed by atoms with Crippen LogP contribution in [-0.4, -0.2) is 88.3 Å². The molecule has 1 saturated carbocycles. The van der Waals surface area contributed by atoms with Gasteiger partial charge in [-0.3, -0.25) is 0 Å². The number of esters is 1. The fraction of sp³-hybridized carbons (Fsp3) is 0.824. The quantitative estimate of drug-likeness (QED) is 0.336. The largest absolute Gasteiger partial charge is 0.472 e. The van der Waals surface area contributed by atoms with E-state index in [2.05, 4.69) is 0 Å². The van der Waals surface area contributed by atoms with Crippen LogP contribution < -0.4 is 0 Å². The Morgan fingerprint density at radius 2 is 1.89 bits per heavy atom. The van der Waals surface area contributed by atoms with E-state index in [9.17, 15) is 30.3 Å². The first-order valence-electron chi connectivity index (χ1n) is 8.88. The average molecular weight is 390 g/mol. The smallest absolute Gasteiger partial charge is 0.337 e. The molecule has 27 heavy (non-hydrogen) atoms. The van der Waals surface area contributed by atoms with Crippen molar-refractivity contribution in [3.05, 3.63) is 11.8 Å². The first kappa shape index (κ1) is 20.5. The van der Waals surface area contributed by atoms with E-state index in [1.807, 2.05) is 0 Å². The van der Waals surface area contributed by atoms with Crippen molar-refractivity contribution in [1.82, 2.24) is 0 Å². The Bertz CT molecular complexity index is 578. The second-order valence-electron chi connectivity index (χ2n) is 7.25. The summed E-state index contributed by atoms with van der Waals surface area (Å²) >= 11 is 0. The summed E-state index contributed by atoms with van der Waals surface area (Å²) in [5, 5.41) is 49.4. The second kappa shape index (κ2) is 8.00. The van der Waals surface area contributed by atoms with Gasteiger partial charge in [0.2, 0.25) is 6.29 Å². The van der Waals surface area contributed by atoms with Crippen molar-refractivity contribution >= 4 is 5.97 Å². The van der Waals surface area contributed by atoms with Gasteiger partial charge < -0.3 is 44.5 Å². The van der Waals surface area contributed by atoms with E-state index in [-0.39, 0.29) is 11.8 Å². The fourth-order valence-corrected chi connectivity index (χ4v) is 4.10. The Balaban J connectivity index is 1.80. The summed E-state index contributed by atoms with van der Waals surface area (Å²) in [7, 11) is 1.25.